The minimum Gasteiger partial charge on any atom is -0.457 e. The zero-order valence-electron chi connectivity index (χ0n) is 12.7. The van der Waals surface area contributed by atoms with E-state index in [1.165, 1.54) is 7.11 Å². The van der Waals surface area contributed by atoms with Crippen molar-refractivity contribution in [2.75, 3.05) is 7.11 Å². The number of ketones is 1. The normalized spacial score (nSPS) is 49.6. The Morgan fingerprint density at radius 1 is 1.38 bits per heavy atom. The number of rotatable bonds is 1. The van der Waals surface area contributed by atoms with E-state index in [0.29, 0.717) is 18.4 Å². The summed E-state index contributed by atoms with van der Waals surface area (Å²) in [7, 11) is 1.51. The number of Topliss-reactive ketones (excluding diaryl/α,β-unsaturated/α-hetero) is 1. The van der Waals surface area contributed by atoms with Crippen molar-refractivity contribution < 1.29 is 24.2 Å². The molecule has 3 rings (SSSR count). The van der Waals surface area contributed by atoms with Gasteiger partial charge < -0.3 is 14.6 Å². The van der Waals surface area contributed by atoms with Crippen LogP contribution in [0.2, 0.25) is 0 Å². The fraction of sp³-hybridized carbons (Fsp3) is 0.750. The SMILES string of the molecule is C=C1C(=O)O[C@@H]2[C@H]1CC[C@H](C)[C@]1(O)C(OC)CC(=O)[C@@]21C. The second kappa shape index (κ2) is 4.40. The summed E-state index contributed by atoms with van der Waals surface area (Å²) < 4.78 is 10.9. The minimum absolute atomic E-state index is 0.0944. The van der Waals surface area contributed by atoms with Gasteiger partial charge in [-0.05, 0) is 25.7 Å². The van der Waals surface area contributed by atoms with Gasteiger partial charge in [-0.15, -0.1) is 0 Å². The first-order valence-corrected chi connectivity index (χ1v) is 7.46. The summed E-state index contributed by atoms with van der Waals surface area (Å²) in [6, 6.07) is 0. The third-order valence-electron chi connectivity index (χ3n) is 6.10. The van der Waals surface area contributed by atoms with Gasteiger partial charge in [-0.2, -0.15) is 0 Å². The van der Waals surface area contributed by atoms with Gasteiger partial charge in [-0.3, -0.25) is 4.79 Å². The smallest absolute Gasteiger partial charge is 0.334 e. The monoisotopic (exact) mass is 294 g/mol. The molecular weight excluding hydrogens is 272 g/mol. The molecule has 0 aromatic rings. The maximum atomic E-state index is 12.7. The molecule has 0 aromatic heterocycles. The minimum atomic E-state index is -1.32. The number of methoxy groups -OCH3 is 1. The second-order valence-corrected chi connectivity index (χ2v) is 6.82. The highest BCUT2D eigenvalue weighted by Gasteiger charge is 2.72. The van der Waals surface area contributed by atoms with E-state index in [1.807, 2.05) is 6.92 Å². The van der Waals surface area contributed by atoms with E-state index < -0.39 is 29.2 Å². The number of hydrogen-bond donors (Lipinski definition) is 1. The number of fused-ring (bicyclic) bond motifs is 3. The first-order valence-electron chi connectivity index (χ1n) is 7.46. The standard InChI is InChI=1S/C16H22O5/c1-8-5-6-10-9(2)14(18)21-13(10)15(3)11(17)7-12(20-4)16(8,15)19/h8,10,12-13,19H,2,5-7H2,1,3-4H3/t8-,10-,12?,13+,15-,16-/m0/s1. The molecule has 0 amide bonds. The van der Waals surface area contributed by atoms with Crippen molar-refractivity contribution in [3.63, 3.8) is 0 Å². The van der Waals surface area contributed by atoms with Crippen LogP contribution in [0.1, 0.15) is 33.1 Å². The molecule has 5 heteroatoms. The number of ether oxygens (including phenoxy) is 2. The topological polar surface area (TPSA) is 72.8 Å². The molecule has 0 spiro atoms. The molecule has 2 saturated carbocycles. The summed E-state index contributed by atoms with van der Waals surface area (Å²) in [5.74, 6) is -0.852. The van der Waals surface area contributed by atoms with Crippen LogP contribution in [-0.4, -0.2) is 41.8 Å². The van der Waals surface area contributed by atoms with Gasteiger partial charge in [0, 0.05) is 25.0 Å². The van der Waals surface area contributed by atoms with Gasteiger partial charge in [0.25, 0.3) is 0 Å². The molecule has 21 heavy (non-hydrogen) atoms. The van der Waals surface area contributed by atoms with Crippen molar-refractivity contribution >= 4 is 11.8 Å². The second-order valence-electron chi connectivity index (χ2n) is 6.82. The average Bonchev–Trinajstić information content (AvgIpc) is 2.82. The van der Waals surface area contributed by atoms with Crippen LogP contribution in [0.4, 0.5) is 0 Å². The Hall–Kier alpha value is -1.20. The van der Waals surface area contributed by atoms with Crippen molar-refractivity contribution in [3.8, 4) is 0 Å². The molecule has 1 N–H and O–H groups in total. The molecule has 116 valence electrons. The van der Waals surface area contributed by atoms with Crippen molar-refractivity contribution in [2.45, 2.75) is 50.9 Å². The summed E-state index contributed by atoms with van der Waals surface area (Å²) in [6.07, 6.45) is 0.353. The number of esters is 1. The third-order valence-corrected chi connectivity index (χ3v) is 6.10. The molecule has 1 unspecified atom stereocenters. The van der Waals surface area contributed by atoms with Gasteiger partial charge in [-0.1, -0.05) is 13.5 Å². The first-order chi connectivity index (χ1) is 9.78. The fourth-order valence-electron chi connectivity index (χ4n) is 4.68. The number of carbonyl (C=O) groups excluding carboxylic acids is 2. The zero-order chi connectivity index (χ0) is 15.6. The summed E-state index contributed by atoms with van der Waals surface area (Å²) >= 11 is 0. The Balaban J connectivity index is 2.16. The Bertz CT molecular complexity index is 527. The lowest BCUT2D eigenvalue weighted by Gasteiger charge is -2.45. The quantitative estimate of drug-likeness (QED) is 0.582. The van der Waals surface area contributed by atoms with Gasteiger partial charge in [0.2, 0.25) is 0 Å². The zero-order valence-corrected chi connectivity index (χ0v) is 12.7. The van der Waals surface area contributed by atoms with Gasteiger partial charge in [0.15, 0.2) is 0 Å². The Kier molecular flexibility index (Phi) is 3.08. The van der Waals surface area contributed by atoms with Gasteiger partial charge in [0.1, 0.15) is 17.5 Å². The molecule has 0 aromatic carbocycles. The van der Waals surface area contributed by atoms with E-state index in [4.69, 9.17) is 9.47 Å². The predicted octanol–water partition coefficient (Wildman–Crippen LogP) is 1.24. The first kappa shape index (κ1) is 14.7. The molecule has 1 heterocycles. The number of aliphatic hydroxyl groups is 1. The van der Waals surface area contributed by atoms with Crippen LogP contribution in [0.5, 0.6) is 0 Å². The van der Waals surface area contributed by atoms with Crippen molar-refractivity contribution in [1.29, 1.82) is 0 Å². The molecular formula is C16H22O5. The molecule has 1 aliphatic heterocycles. The molecule has 6 atom stereocenters. The van der Waals surface area contributed by atoms with Crippen molar-refractivity contribution in [1.82, 2.24) is 0 Å². The van der Waals surface area contributed by atoms with Crippen LogP contribution in [-0.2, 0) is 19.1 Å². The van der Waals surface area contributed by atoms with Gasteiger partial charge in [-0.25, -0.2) is 4.79 Å². The van der Waals surface area contributed by atoms with Gasteiger partial charge >= 0.3 is 5.97 Å². The molecule has 2 aliphatic carbocycles. The summed E-state index contributed by atoms with van der Waals surface area (Å²) in [6.45, 7) is 7.48. The van der Waals surface area contributed by atoms with Crippen molar-refractivity contribution in [3.05, 3.63) is 12.2 Å². The molecule has 3 aliphatic rings. The molecule has 1 saturated heterocycles. The average molecular weight is 294 g/mol. The van der Waals surface area contributed by atoms with E-state index in [-0.39, 0.29) is 24.0 Å². The van der Waals surface area contributed by atoms with Gasteiger partial charge in [0.05, 0.1) is 11.5 Å². The highest BCUT2D eigenvalue weighted by Crippen LogP contribution is 2.59. The highest BCUT2D eigenvalue weighted by atomic mass is 16.6. The Labute approximate surface area is 124 Å². The lowest BCUT2D eigenvalue weighted by molar-refractivity contribution is -0.193. The highest BCUT2D eigenvalue weighted by molar-refractivity contribution is 5.95. The summed E-state index contributed by atoms with van der Waals surface area (Å²) in [5, 5.41) is 11.4. The van der Waals surface area contributed by atoms with E-state index >= 15 is 0 Å². The van der Waals surface area contributed by atoms with Crippen LogP contribution >= 0.6 is 0 Å². The van der Waals surface area contributed by atoms with Crippen LogP contribution < -0.4 is 0 Å². The molecule has 5 nitrogen and oxygen atoms in total. The van der Waals surface area contributed by atoms with Crippen LogP contribution in [0.3, 0.4) is 0 Å². The van der Waals surface area contributed by atoms with E-state index in [0.717, 1.165) is 0 Å². The van der Waals surface area contributed by atoms with Crippen LogP contribution in [0.15, 0.2) is 12.2 Å². The maximum Gasteiger partial charge on any atom is 0.334 e. The fourth-order valence-corrected chi connectivity index (χ4v) is 4.68. The van der Waals surface area contributed by atoms with Crippen molar-refractivity contribution in [2.24, 2.45) is 17.3 Å². The van der Waals surface area contributed by atoms with Crippen LogP contribution in [0.25, 0.3) is 0 Å². The summed E-state index contributed by atoms with van der Waals surface area (Å²) in [4.78, 5) is 24.6. The molecule has 0 radical (unpaired) electrons. The number of hydrogen-bond acceptors (Lipinski definition) is 5. The van der Waals surface area contributed by atoms with E-state index in [9.17, 15) is 14.7 Å². The lowest BCUT2D eigenvalue weighted by atomic mass is 9.64. The third kappa shape index (κ3) is 1.53. The largest absolute Gasteiger partial charge is 0.457 e. The van der Waals surface area contributed by atoms with Crippen LogP contribution in [0, 0.1) is 17.3 Å². The van der Waals surface area contributed by atoms with E-state index in [2.05, 4.69) is 6.58 Å². The Morgan fingerprint density at radius 3 is 2.67 bits per heavy atom. The predicted molar refractivity (Wildman–Crippen MR) is 74.4 cm³/mol. The lowest BCUT2D eigenvalue weighted by Crippen LogP contribution is -2.60. The Morgan fingerprint density at radius 2 is 2.05 bits per heavy atom. The maximum absolute atomic E-state index is 12.7. The molecule has 0 bridgehead atoms. The number of carbonyl (C=O) groups is 2. The summed E-state index contributed by atoms with van der Waals surface area (Å²) in [5.41, 5.74) is -2.03. The molecule has 3 fully saturated rings. The van der Waals surface area contributed by atoms with E-state index in [1.54, 1.807) is 6.92 Å².